The zero-order valence-electron chi connectivity index (χ0n) is 8.85. The van der Waals surface area contributed by atoms with Gasteiger partial charge in [0.1, 0.15) is 0 Å². The molecule has 0 radical (unpaired) electrons. The van der Waals surface area contributed by atoms with Gasteiger partial charge in [0.15, 0.2) is 0 Å². The Bertz CT molecular complexity index is 260. The van der Waals surface area contributed by atoms with Gasteiger partial charge in [-0.05, 0) is 43.3 Å². The zero-order valence-corrected chi connectivity index (χ0v) is 10.4. The molecule has 0 saturated carbocycles. The summed E-state index contributed by atoms with van der Waals surface area (Å²) in [6.45, 7) is 6.65. The van der Waals surface area contributed by atoms with Crippen LogP contribution in [0.3, 0.4) is 0 Å². The highest BCUT2D eigenvalue weighted by molar-refractivity contribution is 7.10. The largest absolute Gasteiger partial charge is 0.316 e. The average Bonchev–Trinajstić information content (AvgIpc) is 2.52. The van der Waals surface area contributed by atoms with E-state index in [1.807, 2.05) is 6.07 Å². The van der Waals surface area contributed by atoms with Crippen molar-refractivity contribution >= 4 is 22.9 Å². The molecular weight excluding hydrogens is 214 g/mol. The number of nitrogens with one attached hydrogen (secondary N) is 1. The van der Waals surface area contributed by atoms with Crippen LogP contribution in [-0.2, 0) is 6.42 Å². The lowest BCUT2D eigenvalue weighted by atomic mass is 10.1. The molecule has 0 aliphatic carbocycles. The van der Waals surface area contributed by atoms with Gasteiger partial charge in [0.05, 0.1) is 5.02 Å². The predicted molar refractivity (Wildman–Crippen MR) is 65.4 cm³/mol. The van der Waals surface area contributed by atoms with Crippen LogP contribution in [0.5, 0.6) is 0 Å². The molecule has 0 bridgehead atoms. The normalized spacial score (nSPS) is 13.1. The lowest BCUT2D eigenvalue weighted by Gasteiger charge is -2.11. The van der Waals surface area contributed by atoms with Crippen molar-refractivity contribution in [3.05, 3.63) is 21.3 Å². The molecule has 1 heterocycles. The van der Waals surface area contributed by atoms with Crippen LogP contribution in [0.25, 0.3) is 0 Å². The Labute approximate surface area is 95.5 Å². The van der Waals surface area contributed by atoms with Gasteiger partial charge in [-0.2, -0.15) is 0 Å². The summed E-state index contributed by atoms with van der Waals surface area (Å²) in [6, 6.07) is 1.98. The van der Waals surface area contributed by atoms with Gasteiger partial charge in [-0.25, -0.2) is 0 Å². The van der Waals surface area contributed by atoms with Gasteiger partial charge in [-0.1, -0.05) is 25.4 Å². The Morgan fingerprint density at radius 1 is 1.57 bits per heavy atom. The molecule has 0 aliphatic heterocycles. The number of thiophene rings is 1. The predicted octanol–water partition coefficient (Wildman–Crippen LogP) is 3.58. The Morgan fingerprint density at radius 3 is 2.93 bits per heavy atom. The van der Waals surface area contributed by atoms with Crippen molar-refractivity contribution in [1.29, 1.82) is 0 Å². The molecule has 14 heavy (non-hydrogen) atoms. The van der Waals surface area contributed by atoms with Gasteiger partial charge >= 0.3 is 0 Å². The number of hydrogen-bond donors (Lipinski definition) is 1. The standard InChI is InChI=1S/C11H18ClNS/c1-3-5-13-8-9(2)7-11-10(12)4-6-14-11/h4,6,9,13H,3,5,7-8H2,1-2H3. The molecule has 0 saturated heterocycles. The van der Waals surface area contributed by atoms with Gasteiger partial charge < -0.3 is 5.32 Å². The quantitative estimate of drug-likeness (QED) is 0.738. The van der Waals surface area contributed by atoms with E-state index >= 15 is 0 Å². The Kier molecular flexibility index (Phi) is 5.53. The Balaban J connectivity index is 2.27. The monoisotopic (exact) mass is 231 g/mol. The first-order chi connectivity index (χ1) is 6.74. The minimum atomic E-state index is 0.665. The maximum Gasteiger partial charge on any atom is 0.0545 e. The van der Waals surface area contributed by atoms with Crippen LogP contribution in [0.2, 0.25) is 5.02 Å². The lowest BCUT2D eigenvalue weighted by Crippen LogP contribution is -2.22. The third-order valence-corrected chi connectivity index (χ3v) is 3.55. The highest BCUT2D eigenvalue weighted by Gasteiger charge is 2.07. The Morgan fingerprint density at radius 2 is 2.36 bits per heavy atom. The molecule has 0 aliphatic rings. The fourth-order valence-corrected chi connectivity index (χ4v) is 2.66. The molecule has 0 aromatic carbocycles. The summed E-state index contributed by atoms with van der Waals surface area (Å²) in [6.07, 6.45) is 2.29. The maximum absolute atomic E-state index is 6.04. The van der Waals surface area contributed by atoms with Gasteiger partial charge in [-0.3, -0.25) is 0 Å². The van der Waals surface area contributed by atoms with Crippen molar-refractivity contribution < 1.29 is 0 Å². The summed E-state index contributed by atoms with van der Waals surface area (Å²) < 4.78 is 0. The summed E-state index contributed by atoms with van der Waals surface area (Å²) >= 11 is 7.79. The fraction of sp³-hybridized carbons (Fsp3) is 0.636. The number of rotatable bonds is 6. The van der Waals surface area contributed by atoms with Crippen LogP contribution in [0, 0.1) is 5.92 Å². The second-order valence-corrected chi connectivity index (χ2v) is 5.11. The van der Waals surface area contributed by atoms with Crippen molar-refractivity contribution in [2.45, 2.75) is 26.7 Å². The molecule has 0 fully saturated rings. The molecule has 1 unspecified atom stereocenters. The van der Waals surface area contributed by atoms with E-state index in [9.17, 15) is 0 Å². The third kappa shape index (κ3) is 3.99. The molecule has 1 aromatic rings. The second-order valence-electron chi connectivity index (χ2n) is 3.71. The van der Waals surface area contributed by atoms with E-state index in [1.54, 1.807) is 11.3 Å². The first-order valence-corrected chi connectivity index (χ1v) is 6.42. The fourth-order valence-electron chi connectivity index (χ4n) is 1.38. The van der Waals surface area contributed by atoms with E-state index in [2.05, 4.69) is 24.5 Å². The van der Waals surface area contributed by atoms with Crippen molar-refractivity contribution in [2.24, 2.45) is 5.92 Å². The van der Waals surface area contributed by atoms with Crippen molar-refractivity contribution in [1.82, 2.24) is 5.32 Å². The molecule has 3 heteroatoms. The minimum absolute atomic E-state index is 0.665. The lowest BCUT2D eigenvalue weighted by molar-refractivity contribution is 0.513. The van der Waals surface area contributed by atoms with Gasteiger partial charge in [-0.15, -0.1) is 11.3 Å². The van der Waals surface area contributed by atoms with Crippen LogP contribution >= 0.6 is 22.9 Å². The third-order valence-electron chi connectivity index (χ3n) is 2.14. The maximum atomic E-state index is 6.04. The summed E-state index contributed by atoms with van der Waals surface area (Å²) in [5.41, 5.74) is 0. The first kappa shape index (κ1) is 12.0. The molecule has 1 aromatic heterocycles. The van der Waals surface area contributed by atoms with Crippen molar-refractivity contribution in [3.63, 3.8) is 0 Å². The van der Waals surface area contributed by atoms with E-state index in [4.69, 9.17) is 11.6 Å². The minimum Gasteiger partial charge on any atom is -0.316 e. The van der Waals surface area contributed by atoms with Gasteiger partial charge in [0.2, 0.25) is 0 Å². The highest BCUT2D eigenvalue weighted by atomic mass is 35.5. The molecule has 80 valence electrons. The topological polar surface area (TPSA) is 12.0 Å². The highest BCUT2D eigenvalue weighted by Crippen LogP contribution is 2.24. The summed E-state index contributed by atoms with van der Waals surface area (Å²) in [5.74, 6) is 0.665. The van der Waals surface area contributed by atoms with E-state index in [0.717, 1.165) is 24.5 Å². The summed E-state index contributed by atoms with van der Waals surface area (Å²) in [5, 5.41) is 6.42. The average molecular weight is 232 g/mol. The van der Waals surface area contributed by atoms with Crippen LogP contribution in [0.1, 0.15) is 25.1 Å². The zero-order chi connectivity index (χ0) is 10.4. The molecule has 0 amide bonds. The van der Waals surface area contributed by atoms with E-state index in [1.165, 1.54) is 11.3 Å². The number of halogens is 1. The van der Waals surface area contributed by atoms with Crippen molar-refractivity contribution in [2.75, 3.05) is 13.1 Å². The van der Waals surface area contributed by atoms with Crippen LogP contribution in [0.15, 0.2) is 11.4 Å². The molecule has 1 nitrogen and oxygen atoms in total. The van der Waals surface area contributed by atoms with E-state index in [0.29, 0.717) is 5.92 Å². The molecular formula is C11H18ClNS. The van der Waals surface area contributed by atoms with Crippen LogP contribution in [-0.4, -0.2) is 13.1 Å². The smallest absolute Gasteiger partial charge is 0.0545 e. The first-order valence-electron chi connectivity index (χ1n) is 5.16. The van der Waals surface area contributed by atoms with Crippen molar-refractivity contribution in [3.8, 4) is 0 Å². The van der Waals surface area contributed by atoms with E-state index < -0.39 is 0 Å². The van der Waals surface area contributed by atoms with Crippen LogP contribution < -0.4 is 5.32 Å². The molecule has 1 N–H and O–H groups in total. The van der Waals surface area contributed by atoms with Gasteiger partial charge in [0.25, 0.3) is 0 Å². The second kappa shape index (κ2) is 6.44. The Hall–Kier alpha value is -0.0500. The summed E-state index contributed by atoms with van der Waals surface area (Å²) in [7, 11) is 0. The number of hydrogen-bond acceptors (Lipinski definition) is 2. The summed E-state index contributed by atoms with van der Waals surface area (Å²) in [4.78, 5) is 1.32. The molecule has 0 spiro atoms. The van der Waals surface area contributed by atoms with Gasteiger partial charge in [0, 0.05) is 4.88 Å². The van der Waals surface area contributed by atoms with E-state index in [-0.39, 0.29) is 0 Å². The SMILES string of the molecule is CCCNCC(C)Cc1sccc1Cl. The van der Waals surface area contributed by atoms with Crippen LogP contribution in [0.4, 0.5) is 0 Å². The molecule has 1 rings (SSSR count). The molecule has 1 atom stereocenters.